The van der Waals surface area contributed by atoms with Crippen molar-refractivity contribution in [3.05, 3.63) is 29.3 Å². The molecule has 0 atom stereocenters. The third kappa shape index (κ3) is 4.70. The van der Waals surface area contributed by atoms with E-state index >= 15 is 0 Å². The van der Waals surface area contributed by atoms with Crippen LogP contribution >= 0.6 is 0 Å². The lowest BCUT2D eigenvalue weighted by Crippen LogP contribution is -2.35. The molecule has 1 saturated heterocycles. The molecule has 1 fully saturated rings. The Morgan fingerprint density at radius 1 is 1.33 bits per heavy atom. The molecule has 2 rings (SSSR count). The second-order valence-corrected chi connectivity index (χ2v) is 5.90. The fourth-order valence-corrected chi connectivity index (χ4v) is 2.95. The van der Waals surface area contributed by atoms with E-state index in [4.69, 9.17) is 4.74 Å². The number of benzene rings is 1. The summed E-state index contributed by atoms with van der Waals surface area (Å²) in [6.07, 6.45) is 2.19. The predicted octanol–water partition coefficient (Wildman–Crippen LogP) is 1.94. The van der Waals surface area contributed by atoms with Crippen LogP contribution < -0.4 is 10.2 Å². The summed E-state index contributed by atoms with van der Waals surface area (Å²) in [6, 6.07) is 6.72. The molecule has 1 aliphatic rings. The van der Waals surface area contributed by atoms with Crippen LogP contribution in [0.3, 0.4) is 0 Å². The second kappa shape index (κ2) is 8.37. The van der Waals surface area contributed by atoms with E-state index in [0.717, 1.165) is 45.6 Å². The van der Waals surface area contributed by atoms with Gasteiger partial charge in [-0.05, 0) is 42.9 Å². The van der Waals surface area contributed by atoms with E-state index in [-0.39, 0.29) is 0 Å². The number of nitrogens with one attached hydrogen (secondary N) is 1. The van der Waals surface area contributed by atoms with Crippen LogP contribution in [-0.2, 0) is 11.3 Å². The van der Waals surface area contributed by atoms with Crippen molar-refractivity contribution in [3.63, 3.8) is 0 Å². The summed E-state index contributed by atoms with van der Waals surface area (Å²) in [5.74, 6) is 0.491. The summed E-state index contributed by atoms with van der Waals surface area (Å²) >= 11 is 0. The molecule has 0 bridgehead atoms. The Morgan fingerprint density at radius 3 is 2.71 bits per heavy atom. The van der Waals surface area contributed by atoms with Crippen LogP contribution in [0, 0.1) is 12.8 Å². The van der Waals surface area contributed by atoms with E-state index in [9.17, 15) is 5.11 Å². The van der Waals surface area contributed by atoms with E-state index in [2.05, 4.69) is 35.3 Å². The number of hydrogen-bond acceptors (Lipinski definition) is 4. The number of methoxy groups -OCH3 is 1. The van der Waals surface area contributed by atoms with Crippen molar-refractivity contribution in [2.75, 3.05) is 44.9 Å². The van der Waals surface area contributed by atoms with Crippen molar-refractivity contribution in [2.45, 2.75) is 26.3 Å². The van der Waals surface area contributed by atoms with Gasteiger partial charge in [0.15, 0.2) is 0 Å². The fourth-order valence-electron chi connectivity index (χ4n) is 2.95. The number of rotatable bonds is 7. The van der Waals surface area contributed by atoms with E-state index in [0.29, 0.717) is 12.5 Å². The van der Waals surface area contributed by atoms with Gasteiger partial charge in [0, 0.05) is 45.6 Å². The average molecular weight is 292 g/mol. The molecule has 0 radical (unpaired) electrons. The SMILES string of the molecule is COCCNCc1ccc(N2CCC(CO)CC2)c(C)c1. The third-order valence-corrected chi connectivity index (χ3v) is 4.29. The number of aliphatic hydroxyl groups is 1. The van der Waals surface area contributed by atoms with Crippen LogP contribution in [0.5, 0.6) is 0 Å². The number of hydrogen-bond donors (Lipinski definition) is 2. The van der Waals surface area contributed by atoms with E-state index in [1.54, 1.807) is 7.11 Å². The summed E-state index contributed by atoms with van der Waals surface area (Å²) in [4.78, 5) is 2.45. The predicted molar refractivity (Wildman–Crippen MR) is 86.8 cm³/mol. The minimum atomic E-state index is 0.332. The quantitative estimate of drug-likeness (QED) is 0.754. The maximum atomic E-state index is 9.23. The van der Waals surface area contributed by atoms with Crippen LogP contribution in [0.1, 0.15) is 24.0 Å². The van der Waals surface area contributed by atoms with Crippen LogP contribution in [0.2, 0.25) is 0 Å². The summed E-state index contributed by atoms with van der Waals surface area (Å²) in [6.45, 7) is 7.14. The van der Waals surface area contributed by atoms with Gasteiger partial charge in [-0.15, -0.1) is 0 Å². The number of aryl methyl sites for hydroxylation is 1. The standard InChI is InChI=1S/C17H28N2O2/c1-14-11-16(12-18-7-10-21-2)3-4-17(14)19-8-5-15(13-20)6-9-19/h3-4,11,15,18,20H,5-10,12-13H2,1-2H3. The van der Waals surface area contributed by atoms with Crippen molar-refractivity contribution in [3.8, 4) is 0 Å². The number of piperidine rings is 1. The topological polar surface area (TPSA) is 44.7 Å². The molecule has 0 aliphatic carbocycles. The molecule has 1 aromatic carbocycles. The Hall–Kier alpha value is -1.10. The highest BCUT2D eigenvalue weighted by molar-refractivity contribution is 5.54. The molecule has 2 N–H and O–H groups in total. The lowest BCUT2D eigenvalue weighted by molar-refractivity contribution is 0.199. The van der Waals surface area contributed by atoms with Gasteiger partial charge in [-0.1, -0.05) is 12.1 Å². The van der Waals surface area contributed by atoms with Crippen LogP contribution in [0.25, 0.3) is 0 Å². The van der Waals surface area contributed by atoms with Gasteiger partial charge in [0.2, 0.25) is 0 Å². The highest BCUT2D eigenvalue weighted by Gasteiger charge is 2.19. The van der Waals surface area contributed by atoms with Gasteiger partial charge >= 0.3 is 0 Å². The third-order valence-electron chi connectivity index (χ3n) is 4.29. The molecule has 0 unspecified atom stereocenters. The Bertz CT molecular complexity index is 429. The normalized spacial score (nSPS) is 16.4. The zero-order chi connectivity index (χ0) is 15.1. The molecular formula is C17H28N2O2. The lowest BCUT2D eigenvalue weighted by Gasteiger charge is -2.34. The molecule has 0 saturated carbocycles. The molecule has 0 spiro atoms. The molecule has 1 heterocycles. The molecular weight excluding hydrogens is 264 g/mol. The van der Waals surface area contributed by atoms with Crippen LogP contribution in [0.4, 0.5) is 5.69 Å². The maximum absolute atomic E-state index is 9.23. The van der Waals surface area contributed by atoms with Crippen molar-refractivity contribution in [2.24, 2.45) is 5.92 Å². The Balaban J connectivity index is 1.90. The first-order valence-corrected chi connectivity index (χ1v) is 7.89. The van der Waals surface area contributed by atoms with Crippen molar-refractivity contribution in [1.29, 1.82) is 0 Å². The van der Waals surface area contributed by atoms with Crippen molar-refractivity contribution >= 4 is 5.69 Å². The van der Waals surface area contributed by atoms with Gasteiger partial charge in [-0.2, -0.15) is 0 Å². The Kier molecular flexibility index (Phi) is 6.49. The summed E-state index contributed by atoms with van der Waals surface area (Å²) in [5.41, 5.74) is 3.99. The molecule has 1 aliphatic heterocycles. The molecule has 0 amide bonds. The van der Waals surface area contributed by atoms with Gasteiger partial charge in [0.1, 0.15) is 0 Å². The van der Waals surface area contributed by atoms with Gasteiger partial charge in [0.05, 0.1) is 6.61 Å². The highest BCUT2D eigenvalue weighted by atomic mass is 16.5. The van der Waals surface area contributed by atoms with Gasteiger partial charge in [-0.25, -0.2) is 0 Å². The second-order valence-electron chi connectivity index (χ2n) is 5.90. The Morgan fingerprint density at radius 2 is 2.10 bits per heavy atom. The molecule has 4 heteroatoms. The summed E-state index contributed by atoms with van der Waals surface area (Å²) < 4.78 is 5.03. The number of nitrogens with zero attached hydrogens (tertiary/aromatic N) is 1. The maximum Gasteiger partial charge on any atom is 0.0587 e. The van der Waals surface area contributed by atoms with E-state index < -0.39 is 0 Å². The van der Waals surface area contributed by atoms with Crippen LogP contribution in [-0.4, -0.2) is 45.1 Å². The van der Waals surface area contributed by atoms with Gasteiger partial charge in [0.25, 0.3) is 0 Å². The van der Waals surface area contributed by atoms with Gasteiger partial charge < -0.3 is 20.1 Å². The molecule has 4 nitrogen and oxygen atoms in total. The first-order valence-electron chi connectivity index (χ1n) is 7.89. The summed E-state index contributed by atoms with van der Waals surface area (Å²) in [7, 11) is 1.72. The number of ether oxygens (including phenoxy) is 1. The Labute approximate surface area is 128 Å². The number of anilines is 1. The minimum Gasteiger partial charge on any atom is -0.396 e. The monoisotopic (exact) mass is 292 g/mol. The fraction of sp³-hybridized carbons (Fsp3) is 0.647. The smallest absolute Gasteiger partial charge is 0.0587 e. The largest absolute Gasteiger partial charge is 0.396 e. The zero-order valence-corrected chi connectivity index (χ0v) is 13.3. The summed E-state index contributed by atoms with van der Waals surface area (Å²) in [5, 5.41) is 12.6. The lowest BCUT2D eigenvalue weighted by atomic mass is 9.96. The van der Waals surface area contributed by atoms with E-state index in [1.165, 1.54) is 16.8 Å². The minimum absolute atomic E-state index is 0.332. The molecule has 118 valence electrons. The van der Waals surface area contributed by atoms with Crippen LogP contribution in [0.15, 0.2) is 18.2 Å². The van der Waals surface area contributed by atoms with Crippen molar-refractivity contribution in [1.82, 2.24) is 5.32 Å². The first kappa shape index (κ1) is 16.3. The van der Waals surface area contributed by atoms with E-state index in [1.807, 2.05) is 0 Å². The first-order chi connectivity index (χ1) is 10.2. The molecule has 0 aromatic heterocycles. The van der Waals surface area contributed by atoms with Gasteiger partial charge in [-0.3, -0.25) is 0 Å². The number of aliphatic hydroxyl groups excluding tert-OH is 1. The molecule has 1 aromatic rings. The molecule has 21 heavy (non-hydrogen) atoms. The average Bonchev–Trinajstić information content (AvgIpc) is 2.52. The zero-order valence-electron chi connectivity index (χ0n) is 13.3. The van der Waals surface area contributed by atoms with Crippen molar-refractivity contribution < 1.29 is 9.84 Å². The highest BCUT2D eigenvalue weighted by Crippen LogP contribution is 2.26.